The van der Waals surface area contributed by atoms with Crippen molar-refractivity contribution in [3.63, 3.8) is 0 Å². The number of fused-ring (bicyclic) bond motifs is 1. The molecule has 1 fully saturated rings. The van der Waals surface area contributed by atoms with Gasteiger partial charge in [0.15, 0.2) is 0 Å². The van der Waals surface area contributed by atoms with Gasteiger partial charge in [0.05, 0.1) is 17.1 Å². The molecule has 6 heteroatoms. The van der Waals surface area contributed by atoms with E-state index in [2.05, 4.69) is 21.8 Å². The maximum Gasteiger partial charge on any atom is 0.239 e. The second-order valence-corrected chi connectivity index (χ2v) is 6.68. The number of nitrogens with one attached hydrogen (secondary N) is 1. The molecule has 25 heavy (non-hydrogen) atoms. The van der Waals surface area contributed by atoms with Crippen molar-refractivity contribution in [1.29, 1.82) is 0 Å². The Balaban J connectivity index is 1.65. The van der Waals surface area contributed by atoms with Gasteiger partial charge in [0.2, 0.25) is 5.91 Å². The summed E-state index contributed by atoms with van der Waals surface area (Å²) in [6.45, 7) is 7.47. The molecule has 1 aliphatic rings. The minimum atomic E-state index is -0.274. The number of likely N-dealkylation sites (tertiary alicyclic amines) is 1. The fourth-order valence-electron chi connectivity index (χ4n) is 3.67. The average molecular weight is 346 g/mol. The van der Waals surface area contributed by atoms with E-state index in [4.69, 9.17) is 0 Å². The first-order valence-electron chi connectivity index (χ1n) is 9.29. The lowest BCUT2D eigenvalue weighted by atomic mass is 10.1. The first kappa shape index (κ1) is 17.9. The van der Waals surface area contributed by atoms with E-state index in [-0.39, 0.29) is 17.8 Å². The highest BCUT2D eigenvalue weighted by Gasteiger charge is 2.29. The van der Waals surface area contributed by atoms with E-state index in [1.54, 1.807) is 6.07 Å². The lowest BCUT2D eigenvalue weighted by Crippen LogP contribution is -2.48. The fourth-order valence-corrected chi connectivity index (χ4v) is 3.67. The molecule has 0 saturated carbocycles. The predicted octanol–water partition coefficient (Wildman–Crippen LogP) is 2.97. The number of H-pyrrole nitrogens is 1. The third-order valence-electron chi connectivity index (χ3n) is 5.06. The molecule has 1 aromatic carbocycles. The molecule has 1 amide bonds. The van der Waals surface area contributed by atoms with E-state index >= 15 is 0 Å². The van der Waals surface area contributed by atoms with Gasteiger partial charge < -0.3 is 9.88 Å². The van der Waals surface area contributed by atoms with E-state index in [0.29, 0.717) is 25.0 Å². The number of hydrogen-bond acceptors (Lipinski definition) is 3. The van der Waals surface area contributed by atoms with Gasteiger partial charge in [0.1, 0.15) is 11.6 Å². The van der Waals surface area contributed by atoms with Crippen LogP contribution in [-0.4, -0.2) is 57.9 Å². The van der Waals surface area contributed by atoms with Crippen molar-refractivity contribution >= 4 is 16.9 Å². The van der Waals surface area contributed by atoms with Crippen molar-refractivity contribution in [1.82, 2.24) is 19.8 Å². The number of aromatic nitrogens is 2. The molecule has 0 unspecified atom stereocenters. The van der Waals surface area contributed by atoms with Crippen molar-refractivity contribution in [3.8, 4) is 0 Å². The molecule has 0 bridgehead atoms. The van der Waals surface area contributed by atoms with Gasteiger partial charge in [-0.05, 0) is 57.5 Å². The summed E-state index contributed by atoms with van der Waals surface area (Å²) in [6.07, 6.45) is 3.86. The molecule has 3 rings (SSSR count). The van der Waals surface area contributed by atoms with E-state index in [0.717, 1.165) is 30.9 Å². The number of rotatable bonds is 7. The van der Waals surface area contributed by atoms with E-state index < -0.39 is 0 Å². The largest absolute Gasteiger partial charge is 0.342 e. The van der Waals surface area contributed by atoms with Crippen molar-refractivity contribution < 1.29 is 9.18 Å². The van der Waals surface area contributed by atoms with Gasteiger partial charge >= 0.3 is 0 Å². The summed E-state index contributed by atoms with van der Waals surface area (Å²) in [4.78, 5) is 24.8. The molecule has 1 saturated heterocycles. The molecule has 0 spiro atoms. The highest BCUT2D eigenvalue weighted by atomic mass is 19.1. The van der Waals surface area contributed by atoms with Crippen LogP contribution in [0.4, 0.5) is 4.39 Å². The van der Waals surface area contributed by atoms with Gasteiger partial charge in [-0.25, -0.2) is 9.37 Å². The van der Waals surface area contributed by atoms with Crippen LogP contribution in [-0.2, 0) is 11.2 Å². The van der Waals surface area contributed by atoms with Crippen LogP contribution in [0.1, 0.15) is 38.9 Å². The summed E-state index contributed by atoms with van der Waals surface area (Å²) in [6, 6.07) is 4.53. The minimum absolute atomic E-state index is 0.00720. The van der Waals surface area contributed by atoms with Crippen LogP contribution < -0.4 is 0 Å². The smallest absolute Gasteiger partial charge is 0.239 e. The van der Waals surface area contributed by atoms with Crippen molar-refractivity contribution in [2.45, 2.75) is 45.6 Å². The molecule has 2 aromatic rings. The number of halogens is 1. The first-order valence-corrected chi connectivity index (χ1v) is 9.29. The molecular formula is C19H27FN4O. The van der Waals surface area contributed by atoms with Crippen LogP contribution in [0.15, 0.2) is 18.2 Å². The third-order valence-corrected chi connectivity index (χ3v) is 5.06. The summed E-state index contributed by atoms with van der Waals surface area (Å²) >= 11 is 0. The SMILES string of the molecule is CC[C@@H](C(=O)N(CC)CCc1nc2ccc(F)cc2[nH]1)N1CCCC1. The molecule has 2 heterocycles. The monoisotopic (exact) mass is 346 g/mol. The second kappa shape index (κ2) is 7.95. The van der Waals surface area contributed by atoms with E-state index in [1.165, 1.54) is 25.0 Å². The molecule has 5 nitrogen and oxygen atoms in total. The summed E-state index contributed by atoms with van der Waals surface area (Å²) in [5.41, 5.74) is 1.46. The highest BCUT2D eigenvalue weighted by Crippen LogP contribution is 2.17. The molecule has 0 aliphatic carbocycles. The Morgan fingerprint density at radius 2 is 2.12 bits per heavy atom. The average Bonchev–Trinajstić information content (AvgIpc) is 3.25. The summed E-state index contributed by atoms with van der Waals surface area (Å²) in [7, 11) is 0. The number of carbonyl (C=O) groups excluding carboxylic acids is 1. The quantitative estimate of drug-likeness (QED) is 0.839. The van der Waals surface area contributed by atoms with Crippen LogP contribution in [0, 0.1) is 5.82 Å². The van der Waals surface area contributed by atoms with Crippen LogP contribution in [0.2, 0.25) is 0 Å². The Kier molecular flexibility index (Phi) is 5.68. The molecular weight excluding hydrogens is 319 g/mol. The number of likely N-dealkylation sites (N-methyl/N-ethyl adjacent to an activating group) is 1. The van der Waals surface area contributed by atoms with Gasteiger partial charge in [0.25, 0.3) is 0 Å². The zero-order valence-corrected chi connectivity index (χ0v) is 15.1. The third kappa shape index (κ3) is 4.00. The number of aromatic amines is 1. The number of hydrogen-bond donors (Lipinski definition) is 1. The predicted molar refractivity (Wildman–Crippen MR) is 96.9 cm³/mol. The zero-order chi connectivity index (χ0) is 17.8. The van der Waals surface area contributed by atoms with Crippen molar-refractivity contribution in [2.24, 2.45) is 0 Å². The van der Waals surface area contributed by atoms with Gasteiger partial charge in [0, 0.05) is 19.5 Å². The summed E-state index contributed by atoms with van der Waals surface area (Å²) in [5.74, 6) is 0.736. The Morgan fingerprint density at radius 1 is 1.36 bits per heavy atom. The Morgan fingerprint density at radius 3 is 2.80 bits per heavy atom. The van der Waals surface area contributed by atoms with Crippen molar-refractivity contribution in [2.75, 3.05) is 26.2 Å². The maximum atomic E-state index is 13.3. The van der Waals surface area contributed by atoms with E-state index in [9.17, 15) is 9.18 Å². The molecule has 1 aromatic heterocycles. The standard InChI is InChI=1S/C19H27FN4O/c1-3-17(24-10-5-6-11-24)19(25)23(4-2)12-9-18-21-15-8-7-14(20)13-16(15)22-18/h7-8,13,17H,3-6,9-12H2,1-2H3,(H,21,22)/t17-/m0/s1. The van der Waals surface area contributed by atoms with Crippen molar-refractivity contribution in [3.05, 3.63) is 29.8 Å². The number of imidazole rings is 1. The molecule has 136 valence electrons. The molecule has 1 aliphatic heterocycles. The summed E-state index contributed by atoms with van der Waals surface area (Å²) < 4.78 is 13.3. The number of nitrogens with zero attached hydrogens (tertiary/aromatic N) is 3. The minimum Gasteiger partial charge on any atom is -0.342 e. The number of benzene rings is 1. The Labute approximate surface area is 148 Å². The zero-order valence-electron chi connectivity index (χ0n) is 15.1. The van der Waals surface area contributed by atoms with Crippen LogP contribution in [0.5, 0.6) is 0 Å². The Hall–Kier alpha value is -1.95. The summed E-state index contributed by atoms with van der Waals surface area (Å²) in [5, 5.41) is 0. The Bertz CT molecular complexity index is 723. The van der Waals surface area contributed by atoms with Crippen LogP contribution in [0.3, 0.4) is 0 Å². The van der Waals surface area contributed by atoms with Gasteiger partial charge in [-0.1, -0.05) is 6.92 Å². The lowest BCUT2D eigenvalue weighted by molar-refractivity contribution is -0.136. The van der Waals surface area contributed by atoms with Gasteiger partial charge in [-0.3, -0.25) is 9.69 Å². The lowest BCUT2D eigenvalue weighted by Gasteiger charge is -2.31. The molecule has 1 atom stereocenters. The van der Waals surface area contributed by atoms with Gasteiger partial charge in [-0.15, -0.1) is 0 Å². The number of amides is 1. The number of carbonyl (C=O) groups is 1. The normalized spacial score (nSPS) is 16.4. The van der Waals surface area contributed by atoms with Gasteiger partial charge in [-0.2, -0.15) is 0 Å². The molecule has 1 N–H and O–H groups in total. The fraction of sp³-hybridized carbons (Fsp3) is 0.579. The topological polar surface area (TPSA) is 52.2 Å². The maximum absolute atomic E-state index is 13.3. The highest BCUT2D eigenvalue weighted by molar-refractivity contribution is 5.82. The van der Waals surface area contributed by atoms with Crippen LogP contribution >= 0.6 is 0 Å². The molecule has 0 radical (unpaired) electrons. The second-order valence-electron chi connectivity index (χ2n) is 6.68. The van der Waals surface area contributed by atoms with E-state index in [1.807, 2.05) is 11.8 Å². The van der Waals surface area contributed by atoms with Crippen LogP contribution in [0.25, 0.3) is 11.0 Å². The first-order chi connectivity index (χ1) is 12.1.